The van der Waals surface area contributed by atoms with Gasteiger partial charge in [0.1, 0.15) is 17.3 Å². The maximum Gasteiger partial charge on any atom is 0.300 e. The third kappa shape index (κ3) is 4.43. The first-order valence-electron chi connectivity index (χ1n) is 11.9. The molecule has 37 heavy (non-hydrogen) atoms. The van der Waals surface area contributed by atoms with E-state index in [1.807, 2.05) is 32.9 Å². The van der Waals surface area contributed by atoms with Crippen molar-refractivity contribution in [3.05, 3.63) is 94.1 Å². The first-order chi connectivity index (χ1) is 17.7. The molecule has 0 spiro atoms. The zero-order valence-corrected chi connectivity index (χ0v) is 21.4. The van der Waals surface area contributed by atoms with Crippen molar-refractivity contribution in [3.8, 4) is 17.6 Å². The number of ketones is 1. The Kier molecular flexibility index (Phi) is 7.03. The van der Waals surface area contributed by atoms with Crippen molar-refractivity contribution in [1.29, 1.82) is 5.26 Å². The number of nitrogens with zero attached hydrogens (tertiary/aromatic N) is 2. The fourth-order valence-electron chi connectivity index (χ4n) is 4.71. The Hall–Kier alpha value is -4.57. The monoisotopic (exact) mass is 496 g/mol. The van der Waals surface area contributed by atoms with Crippen molar-refractivity contribution in [1.82, 2.24) is 0 Å². The minimum Gasteiger partial charge on any atom is -0.507 e. The molecule has 0 aromatic heterocycles. The summed E-state index contributed by atoms with van der Waals surface area (Å²) in [6, 6.07) is 18.2. The highest BCUT2D eigenvalue weighted by atomic mass is 16.5. The lowest BCUT2D eigenvalue weighted by Gasteiger charge is -2.27. The lowest BCUT2D eigenvalue weighted by atomic mass is 9.90. The summed E-state index contributed by atoms with van der Waals surface area (Å²) in [4.78, 5) is 28.3. The fraction of sp³-hybridized carbons (Fsp3) is 0.233. The van der Waals surface area contributed by atoms with Crippen LogP contribution in [0.4, 0.5) is 5.69 Å². The highest BCUT2D eigenvalue weighted by Gasteiger charge is 2.48. The van der Waals surface area contributed by atoms with E-state index in [2.05, 4.69) is 6.07 Å². The number of aliphatic hydroxyl groups excluding tert-OH is 1. The second kappa shape index (κ2) is 10.2. The Labute approximate surface area is 216 Å². The van der Waals surface area contributed by atoms with Crippen LogP contribution in [0, 0.1) is 18.3 Å². The van der Waals surface area contributed by atoms with Gasteiger partial charge in [0.25, 0.3) is 11.7 Å². The van der Waals surface area contributed by atoms with E-state index >= 15 is 0 Å². The number of amides is 1. The zero-order chi connectivity index (χ0) is 26.9. The number of methoxy groups -OCH3 is 2. The number of carbonyl (C=O) groups is 2. The molecule has 1 fully saturated rings. The van der Waals surface area contributed by atoms with Crippen LogP contribution in [0.15, 0.2) is 66.2 Å². The van der Waals surface area contributed by atoms with Crippen molar-refractivity contribution in [3.63, 3.8) is 0 Å². The largest absolute Gasteiger partial charge is 0.507 e. The van der Waals surface area contributed by atoms with Crippen LogP contribution < -0.4 is 14.4 Å². The first-order valence-corrected chi connectivity index (χ1v) is 11.9. The summed E-state index contributed by atoms with van der Waals surface area (Å²) in [5.74, 6) is -0.617. The van der Waals surface area contributed by atoms with E-state index in [4.69, 9.17) is 9.47 Å². The Bertz CT molecular complexity index is 1450. The smallest absolute Gasteiger partial charge is 0.300 e. The number of benzene rings is 3. The number of para-hydroxylation sites is 1. The van der Waals surface area contributed by atoms with E-state index in [1.54, 1.807) is 55.6 Å². The highest BCUT2D eigenvalue weighted by molar-refractivity contribution is 6.51. The number of rotatable bonds is 6. The predicted molar refractivity (Wildman–Crippen MR) is 141 cm³/mol. The quantitative estimate of drug-likeness (QED) is 0.270. The number of anilines is 1. The minimum absolute atomic E-state index is 0.0400. The van der Waals surface area contributed by atoms with E-state index in [9.17, 15) is 20.0 Å². The van der Waals surface area contributed by atoms with Gasteiger partial charge in [0, 0.05) is 16.8 Å². The maximum absolute atomic E-state index is 13.5. The number of hydrogen-bond acceptors (Lipinski definition) is 6. The van der Waals surface area contributed by atoms with Gasteiger partial charge in [-0.15, -0.1) is 0 Å². The highest BCUT2D eigenvalue weighted by Crippen LogP contribution is 2.45. The second-order valence-electron chi connectivity index (χ2n) is 9.13. The molecule has 1 N–H and O–H groups in total. The maximum atomic E-state index is 13.5. The van der Waals surface area contributed by atoms with Crippen LogP contribution in [0.1, 0.15) is 53.6 Å². The molecule has 0 bridgehead atoms. The Morgan fingerprint density at radius 1 is 1.00 bits per heavy atom. The number of aliphatic hydroxyl groups is 1. The topological polar surface area (TPSA) is 99.9 Å². The van der Waals surface area contributed by atoms with Crippen molar-refractivity contribution in [2.24, 2.45) is 0 Å². The Morgan fingerprint density at radius 2 is 1.65 bits per heavy atom. The summed E-state index contributed by atoms with van der Waals surface area (Å²) in [7, 11) is 3.10. The van der Waals surface area contributed by atoms with Gasteiger partial charge < -0.3 is 14.6 Å². The number of Topliss-reactive ketones (excluding diaryl/α,β-unsaturated/α-hetero) is 1. The summed E-state index contributed by atoms with van der Waals surface area (Å²) in [6.45, 7) is 5.84. The summed E-state index contributed by atoms with van der Waals surface area (Å²) < 4.78 is 11.1. The van der Waals surface area contributed by atoms with Crippen molar-refractivity contribution in [2.45, 2.75) is 32.7 Å². The van der Waals surface area contributed by atoms with Gasteiger partial charge in [-0.05, 0) is 66.4 Å². The summed E-state index contributed by atoms with van der Waals surface area (Å²) in [5, 5.41) is 20.9. The van der Waals surface area contributed by atoms with Crippen LogP contribution in [0.2, 0.25) is 0 Å². The molecule has 1 amide bonds. The summed E-state index contributed by atoms with van der Waals surface area (Å²) in [5.41, 5.74) is 3.36. The molecular formula is C30H28N2O5. The fourth-order valence-corrected chi connectivity index (χ4v) is 4.71. The molecule has 1 aliphatic rings. The molecule has 1 atom stereocenters. The molecular weight excluding hydrogens is 468 g/mol. The molecule has 1 aliphatic heterocycles. The zero-order valence-electron chi connectivity index (χ0n) is 21.4. The Morgan fingerprint density at radius 3 is 2.24 bits per heavy atom. The first kappa shape index (κ1) is 25.5. The molecule has 0 aliphatic carbocycles. The van der Waals surface area contributed by atoms with Crippen LogP contribution in [0.5, 0.6) is 11.5 Å². The van der Waals surface area contributed by atoms with Crippen molar-refractivity contribution >= 4 is 23.1 Å². The van der Waals surface area contributed by atoms with Gasteiger partial charge in [0.15, 0.2) is 0 Å². The molecule has 4 rings (SSSR count). The minimum atomic E-state index is -0.951. The molecule has 7 heteroatoms. The van der Waals surface area contributed by atoms with Gasteiger partial charge >= 0.3 is 0 Å². The number of aryl methyl sites for hydroxylation is 1. The van der Waals surface area contributed by atoms with E-state index in [0.29, 0.717) is 39.4 Å². The molecule has 7 nitrogen and oxygen atoms in total. The molecule has 3 aromatic rings. The SMILES string of the molecule is COc1cc(C)c(/C(O)=C2\C(=O)C(=O)N(c3ccc(C#N)cc3)C2c2ccccc2OC)cc1C(C)C. The summed E-state index contributed by atoms with van der Waals surface area (Å²) >= 11 is 0. The normalized spacial score (nSPS) is 16.7. The molecule has 0 radical (unpaired) electrons. The number of nitriles is 1. The number of carbonyl (C=O) groups excluding carboxylic acids is 2. The van der Waals surface area contributed by atoms with Crippen LogP contribution in [0.25, 0.3) is 5.76 Å². The molecule has 188 valence electrons. The second-order valence-corrected chi connectivity index (χ2v) is 9.13. The van der Waals surface area contributed by atoms with Crippen molar-refractivity contribution in [2.75, 3.05) is 19.1 Å². The van der Waals surface area contributed by atoms with E-state index < -0.39 is 17.7 Å². The van der Waals surface area contributed by atoms with Gasteiger partial charge in [-0.25, -0.2) is 0 Å². The molecule has 1 heterocycles. The van der Waals surface area contributed by atoms with E-state index in [1.165, 1.54) is 12.0 Å². The van der Waals surface area contributed by atoms with Crippen LogP contribution in [0.3, 0.4) is 0 Å². The molecule has 1 saturated heterocycles. The average molecular weight is 497 g/mol. The van der Waals surface area contributed by atoms with Crippen molar-refractivity contribution < 1.29 is 24.2 Å². The summed E-state index contributed by atoms with van der Waals surface area (Å²) in [6.07, 6.45) is 0. The van der Waals surface area contributed by atoms with E-state index in [-0.39, 0.29) is 17.3 Å². The molecule has 3 aromatic carbocycles. The van der Waals surface area contributed by atoms with Crippen LogP contribution >= 0.6 is 0 Å². The third-order valence-corrected chi connectivity index (χ3v) is 6.61. The number of hydrogen-bond donors (Lipinski definition) is 1. The third-order valence-electron chi connectivity index (χ3n) is 6.61. The van der Waals surface area contributed by atoms with Crippen LogP contribution in [-0.2, 0) is 9.59 Å². The van der Waals surface area contributed by atoms with Gasteiger partial charge in [0.05, 0.1) is 37.5 Å². The number of ether oxygens (including phenoxy) is 2. The average Bonchev–Trinajstić information content (AvgIpc) is 3.17. The molecule has 1 unspecified atom stereocenters. The lowest BCUT2D eigenvalue weighted by Crippen LogP contribution is -2.29. The van der Waals surface area contributed by atoms with Crippen LogP contribution in [-0.4, -0.2) is 31.0 Å². The van der Waals surface area contributed by atoms with Gasteiger partial charge in [-0.1, -0.05) is 32.0 Å². The predicted octanol–water partition coefficient (Wildman–Crippen LogP) is 5.63. The molecule has 0 saturated carbocycles. The van der Waals surface area contributed by atoms with E-state index in [0.717, 1.165) is 5.56 Å². The van der Waals surface area contributed by atoms with Gasteiger partial charge in [-0.3, -0.25) is 14.5 Å². The van der Waals surface area contributed by atoms with Gasteiger partial charge in [0.2, 0.25) is 0 Å². The van der Waals surface area contributed by atoms with Gasteiger partial charge in [-0.2, -0.15) is 5.26 Å². The standard InChI is InChI=1S/C30H28N2O5/c1-17(2)22-15-23(18(3)14-25(22)37-5)28(33)26-27(21-8-6-7-9-24(21)36-4)32(30(35)29(26)34)20-12-10-19(16-31)11-13-20/h6-15,17,27,33H,1-5H3/b28-26+. The lowest BCUT2D eigenvalue weighted by molar-refractivity contribution is -0.132. The Balaban J connectivity index is 2.01.